The van der Waals surface area contributed by atoms with Gasteiger partial charge in [-0.05, 0) is 29.1 Å². The quantitative estimate of drug-likeness (QED) is 0.515. The molecule has 0 radical (unpaired) electrons. The van der Waals surface area contributed by atoms with Gasteiger partial charge in [0.05, 0.1) is 17.6 Å². The van der Waals surface area contributed by atoms with Gasteiger partial charge in [0.2, 0.25) is 10.0 Å². The minimum Gasteiger partial charge on any atom is -0.507 e. The lowest BCUT2D eigenvalue weighted by Gasteiger charge is -2.26. The zero-order valence-corrected chi connectivity index (χ0v) is 16.1. The highest BCUT2D eigenvalue weighted by Crippen LogP contribution is 2.46. The van der Waals surface area contributed by atoms with Gasteiger partial charge in [0, 0.05) is 10.9 Å². The van der Waals surface area contributed by atoms with Crippen molar-refractivity contribution in [2.45, 2.75) is 0 Å². The molecule has 0 aliphatic rings. The van der Waals surface area contributed by atoms with Crippen molar-refractivity contribution in [2.24, 2.45) is 0 Å². The first-order chi connectivity index (χ1) is 13.5. The Hall–Kier alpha value is -3.31. The van der Waals surface area contributed by atoms with Crippen LogP contribution in [0.4, 0.5) is 11.4 Å². The third kappa shape index (κ3) is 3.21. The van der Waals surface area contributed by atoms with Gasteiger partial charge in [-0.25, -0.2) is 12.7 Å². The topological polar surface area (TPSA) is 57.6 Å². The molecule has 0 spiro atoms. The van der Waals surface area contributed by atoms with Crippen LogP contribution in [0.15, 0.2) is 91.0 Å². The summed E-state index contributed by atoms with van der Waals surface area (Å²) in [6.07, 6.45) is 1.17. The number of benzene rings is 4. The number of phenolic OH excluding ortho intramolecular Hbond substituents is 1. The Kier molecular flexibility index (Phi) is 4.53. The SMILES string of the molecule is CS(=O)(=O)N(c1ccccc1)c1cc2ccccc2c(O)c1-c1ccccc1. The Morgan fingerprint density at radius 3 is 2.00 bits per heavy atom. The number of aromatic hydroxyl groups is 1. The van der Waals surface area contributed by atoms with E-state index < -0.39 is 10.0 Å². The maximum atomic E-state index is 12.8. The molecule has 0 bridgehead atoms. The minimum atomic E-state index is -3.66. The fourth-order valence-electron chi connectivity index (χ4n) is 3.44. The number of phenols is 1. The molecule has 0 fully saturated rings. The second kappa shape index (κ2) is 7.02. The lowest BCUT2D eigenvalue weighted by atomic mass is 9.97. The third-order valence-corrected chi connectivity index (χ3v) is 5.68. The van der Waals surface area contributed by atoms with Crippen molar-refractivity contribution in [1.82, 2.24) is 0 Å². The van der Waals surface area contributed by atoms with Crippen LogP contribution in [0, 0.1) is 0 Å². The van der Waals surface area contributed by atoms with Crippen molar-refractivity contribution in [3.63, 3.8) is 0 Å². The monoisotopic (exact) mass is 389 g/mol. The van der Waals surface area contributed by atoms with Crippen LogP contribution in [0.3, 0.4) is 0 Å². The van der Waals surface area contributed by atoms with Gasteiger partial charge in [-0.15, -0.1) is 0 Å². The fraction of sp³-hybridized carbons (Fsp3) is 0.0435. The molecule has 4 nitrogen and oxygen atoms in total. The Labute approximate surface area is 164 Å². The van der Waals surface area contributed by atoms with E-state index in [1.54, 1.807) is 24.3 Å². The molecular weight excluding hydrogens is 370 g/mol. The van der Waals surface area contributed by atoms with E-state index in [2.05, 4.69) is 0 Å². The average molecular weight is 389 g/mol. The fourth-order valence-corrected chi connectivity index (χ4v) is 4.44. The summed E-state index contributed by atoms with van der Waals surface area (Å²) in [4.78, 5) is 0. The largest absolute Gasteiger partial charge is 0.507 e. The van der Waals surface area contributed by atoms with Crippen molar-refractivity contribution in [3.8, 4) is 16.9 Å². The molecule has 4 aromatic carbocycles. The Bertz CT molecular complexity index is 1240. The van der Waals surface area contributed by atoms with Gasteiger partial charge in [-0.2, -0.15) is 0 Å². The zero-order valence-electron chi connectivity index (χ0n) is 15.3. The van der Waals surface area contributed by atoms with E-state index in [0.29, 0.717) is 22.3 Å². The summed E-state index contributed by atoms with van der Waals surface area (Å²) in [5.74, 6) is 0.0591. The van der Waals surface area contributed by atoms with E-state index in [-0.39, 0.29) is 5.75 Å². The molecule has 5 heteroatoms. The number of nitrogens with zero attached hydrogens (tertiary/aromatic N) is 1. The second-order valence-corrected chi connectivity index (χ2v) is 8.40. The first kappa shape index (κ1) is 18.1. The summed E-state index contributed by atoms with van der Waals surface area (Å²) in [6, 6.07) is 27.4. The van der Waals surface area contributed by atoms with E-state index in [1.165, 1.54) is 10.6 Å². The predicted octanol–water partition coefficient (Wildman–Crippen LogP) is 5.31. The van der Waals surface area contributed by atoms with Gasteiger partial charge < -0.3 is 5.11 Å². The highest BCUT2D eigenvalue weighted by atomic mass is 32.2. The zero-order chi connectivity index (χ0) is 19.7. The first-order valence-corrected chi connectivity index (χ1v) is 10.7. The van der Waals surface area contributed by atoms with Gasteiger partial charge in [-0.1, -0.05) is 72.8 Å². The molecule has 28 heavy (non-hydrogen) atoms. The van der Waals surface area contributed by atoms with Gasteiger partial charge in [-0.3, -0.25) is 0 Å². The lowest BCUT2D eigenvalue weighted by molar-refractivity contribution is 0.484. The number of hydrogen-bond acceptors (Lipinski definition) is 3. The molecule has 0 unspecified atom stereocenters. The molecule has 0 aromatic heterocycles. The van der Waals surface area contributed by atoms with Crippen LogP contribution in [0.25, 0.3) is 21.9 Å². The van der Waals surface area contributed by atoms with Crippen molar-refractivity contribution in [3.05, 3.63) is 91.0 Å². The summed E-state index contributed by atoms with van der Waals surface area (Å²) in [5, 5.41) is 12.6. The van der Waals surface area contributed by atoms with Crippen LogP contribution in [0.5, 0.6) is 5.75 Å². The minimum absolute atomic E-state index is 0.0591. The van der Waals surface area contributed by atoms with E-state index in [9.17, 15) is 13.5 Å². The Morgan fingerprint density at radius 2 is 1.36 bits per heavy atom. The number of fused-ring (bicyclic) bond motifs is 1. The summed E-state index contributed by atoms with van der Waals surface area (Å²) in [7, 11) is -3.66. The molecule has 0 atom stereocenters. The number of hydrogen-bond donors (Lipinski definition) is 1. The van der Waals surface area contributed by atoms with Gasteiger partial charge in [0.25, 0.3) is 0 Å². The predicted molar refractivity (Wildman–Crippen MR) is 114 cm³/mol. The van der Waals surface area contributed by atoms with E-state index in [1.807, 2.05) is 66.7 Å². The molecule has 0 saturated heterocycles. The van der Waals surface area contributed by atoms with Crippen molar-refractivity contribution in [2.75, 3.05) is 10.6 Å². The molecule has 0 saturated carbocycles. The highest BCUT2D eigenvalue weighted by molar-refractivity contribution is 7.92. The van der Waals surface area contributed by atoms with Crippen LogP contribution in [0.1, 0.15) is 0 Å². The molecule has 0 heterocycles. The summed E-state index contributed by atoms with van der Waals surface area (Å²) in [6.45, 7) is 0. The lowest BCUT2D eigenvalue weighted by Crippen LogP contribution is -2.25. The molecule has 140 valence electrons. The van der Waals surface area contributed by atoms with Gasteiger partial charge in [0.1, 0.15) is 5.75 Å². The first-order valence-electron chi connectivity index (χ1n) is 8.82. The maximum Gasteiger partial charge on any atom is 0.236 e. The number of para-hydroxylation sites is 1. The number of sulfonamides is 1. The maximum absolute atomic E-state index is 12.8. The molecular formula is C23H19NO3S. The van der Waals surface area contributed by atoms with Crippen molar-refractivity contribution >= 4 is 32.2 Å². The van der Waals surface area contributed by atoms with Gasteiger partial charge >= 0.3 is 0 Å². The van der Waals surface area contributed by atoms with E-state index in [0.717, 1.165) is 10.9 Å². The van der Waals surface area contributed by atoms with Crippen molar-refractivity contribution in [1.29, 1.82) is 0 Å². The smallest absolute Gasteiger partial charge is 0.236 e. The molecule has 4 rings (SSSR count). The molecule has 0 amide bonds. The Morgan fingerprint density at radius 1 is 0.786 bits per heavy atom. The van der Waals surface area contributed by atoms with Gasteiger partial charge in [0.15, 0.2) is 0 Å². The standard InChI is InChI=1S/C23H19NO3S/c1-28(26,27)24(19-13-6-3-7-14-19)21-16-18-12-8-9-15-20(18)23(25)22(21)17-10-4-2-5-11-17/h2-16,25H,1H3. The van der Waals surface area contributed by atoms with E-state index in [4.69, 9.17) is 0 Å². The third-order valence-electron chi connectivity index (χ3n) is 4.60. The molecule has 4 aromatic rings. The van der Waals surface area contributed by atoms with Crippen molar-refractivity contribution < 1.29 is 13.5 Å². The summed E-state index contributed by atoms with van der Waals surface area (Å²) >= 11 is 0. The molecule has 0 aliphatic heterocycles. The van der Waals surface area contributed by atoms with Crippen LogP contribution in [-0.4, -0.2) is 19.8 Å². The van der Waals surface area contributed by atoms with Crippen LogP contribution in [-0.2, 0) is 10.0 Å². The highest BCUT2D eigenvalue weighted by Gasteiger charge is 2.26. The molecule has 0 aliphatic carbocycles. The van der Waals surface area contributed by atoms with Crippen LogP contribution < -0.4 is 4.31 Å². The van der Waals surface area contributed by atoms with Crippen LogP contribution in [0.2, 0.25) is 0 Å². The normalized spacial score (nSPS) is 11.5. The Balaban J connectivity index is 2.13. The summed E-state index contributed by atoms with van der Waals surface area (Å²) in [5.41, 5.74) is 2.15. The second-order valence-electron chi connectivity index (χ2n) is 6.57. The average Bonchev–Trinajstić information content (AvgIpc) is 2.69. The summed E-state index contributed by atoms with van der Waals surface area (Å²) < 4.78 is 26.9. The van der Waals surface area contributed by atoms with E-state index >= 15 is 0 Å². The van der Waals surface area contributed by atoms with Crippen LogP contribution >= 0.6 is 0 Å². The number of anilines is 2. The molecule has 1 N–H and O–H groups in total. The number of rotatable bonds is 4.